The molecule has 1 aromatic carbocycles. The molecule has 1 aromatic rings. The number of likely N-dealkylation sites (tertiary alicyclic amines) is 1. The number of carbonyl (C=O) groups is 1. The molecule has 124 valence electrons. The second kappa shape index (κ2) is 8.98. The van der Waals surface area contributed by atoms with E-state index >= 15 is 0 Å². The summed E-state index contributed by atoms with van der Waals surface area (Å²) in [6, 6.07) is 7.70. The number of ether oxygens (including phenoxy) is 1. The first-order chi connectivity index (χ1) is 10.1. The summed E-state index contributed by atoms with van der Waals surface area (Å²) in [5.41, 5.74) is 6.65. The maximum absolute atomic E-state index is 12.2. The van der Waals surface area contributed by atoms with E-state index in [1.54, 1.807) is 0 Å². The largest absolute Gasteiger partial charge is 0.492 e. The predicted octanol–water partition coefficient (Wildman–Crippen LogP) is 2.11. The van der Waals surface area contributed by atoms with E-state index in [9.17, 15) is 4.79 Å². The molecule has 0 spiro atoms. The van der Waals surface area contributed by atoms with Gasteiger partial charge in [0.15, 0.2) is 0 Å². The topological polar surface area (TPSA) is 67.6 Å². The number of rotatable bonds is 6. The second-order valence-corrected chi connectivity index (χ2v) is 5.62. The molecule has 0 aromatic heterocycles. The SMILES string of the molecule is CCOc1ccccc1NC(=O)CN1CCC(C(C)N)C1.Cl. The molecule has 1 aliphatic rings. The van der Waals surface area contributed by atoms with E-state index in [0.717, 1.165) is 25.2 Å². The van der Waals surface area contributed by atoms with Crippen molar-refractivity contribution in [3.63, 3.8) is 0 Å². The number of para-hydroxylation sites is 2. The molecular formula is C16H26ClN3O2. The molecule has 0 radical (unpaired) electrons. The van der Waals surface area contributed by atoms with Crippen molar-refractivity contribution in [2.75, 3.05) is 31.6 Å². The molecule has 1 amide bonds. The summed E-state index contributed by atoms with van der Waals surface area (Å²) in [6.07, 6.45) is 1.07. The first-order valence-corrected chi connectivity index (χ1v) is 7.59. The average Bonchev–Trinajstić information content (AvgIpc) is 2.90. The quantitative estimate of drug-likeness (QED) is 0.839. The lowest BCUT2D eigenvalue weighted by atomic mass is 10.0. The summed E-state index contributed by atoms with van der Waals surface area (Å²) < 4.78 is 5.51. The normalized spacial score (nSPS) is 19.3. The van der Waals surface area contributed by atoms with Gasteiger partial charge in [-0.1, -0.05) is 12.1 Å². The molecule has 0 saturated carbocycles. The van der Waals surface area contributed by atoms with Crippen molar-refractivity contribution in [3.8, 4) is 5.75 Å². The van der Waals surface area contributed by atoms with E-state index in [1.165, 1.54) is 0 Å². The van der Waals surface area contributed by atoms with E-state index in [-0.39, 0.29) is 24.4 Å². The maximum atomic E-state index is 12.2. The molecule has 2 atom stereocenters. The molecule has 2 rings (SSSR count). The van der Waals surface area contributed by atoms with Gasteiger partial charge >= 0.3 is 0 Å². The van der Waals surface area contributed by atoms with Gasteiger partial charge in [-0.25, -0.2) is 0 Å². The van der Waals surface area contributed by atoms with Crippen molar-refractivity contribution >= 4 is 24.0 Å². The molecule has 0 bridgehead atoms. The highest BCUT2D eigenvalue weighted by Gasteiger charge is 2.26. The number of anilines is 1. The third kappa shape index (κ3) is 5.16. The highest BCUT2D eigenvalue weighted by atomic mass is 35.5. The molecule has 1 fully saturated rings. The van der Waals surface area contributed by atoms with Crippen LogP contribution in [0, 0.1) is 5.92 Å². The Hall–Kier alpha value is -1.30. The molecule has 6 heteroatoms. The van der Waals surface area contributed by atoms with Crippen LogP contribution in [0.5, 0.6) is 5.75 Å². The fourth-order valence-corrected chi connectivity index (χ4v) is 2.68. The summed E-state index contributed by atoms with van der Waals surface area (Å²) in [5, 5.41) is 2.93. The van der Waals surface area contributed by atoms with Crippen LogP contribution in [0.2, 0.25) is 0 Å². The van der Waals surface area contributed by atoms with Gasteiger partial charge in [-0.05, 0) is 44.9 Å². The summed E-state index contributed by atoms with van der Waals surface area (Å²) in [7, 11) is 0. The molecule has 5 nitrogen and oxygen atoms in total. The monoisotopic (exact) mass is 327 g/mol. The summed E-state index contributed by atoms with van der Waals surface area (Å²) in [4.78, 5) is 14.3. The van der Waals surface area contributed by atoms with Gasteiger partial charge in [0.2, 0.25) is 5.91 Å². The van der Waals surface area contributed by atoms with E-state index in [1.807, 2.05) is 38.1 Å². The molecule has 1 heterocycles. The number of carbonyl (C=O) groups excluding carboxylic acids is 1. The van der Waals surface area contributed by atoms with Crippen molar-refractivity contribution in [1.82, 2.24) is 4.90 Å². The summed E-state index contributed by atoms with van der Waals surface area (Å²) >= 11 is 0. The third-order valence-corrected chi connectivity index (χ3v) is 3.88. The Morgan fingerprint density at radius 3 is 2.86 bits per heavy atom. The third-order valence-electron chi connectivity index (χ3n) is 3.88. The number of benzene rings is 1. The molecule has 0 aliphatic carbocycles. The lowest BCUT2D eigenvalue weighted by Gasteiger charge is -2.18. The molecule has 1 aliphatic heterocycles. The van der Waals surface area contributed by atoms with Gasteiger partial charge in [0.05, 0.1) is 18.8 Å². The van der Waals surface area contributed by atoms with Crippen LogP contribution in [0.25, 0.3) is 0 Å². The molecule has 3 N–H and O–H groups in total. The number of nitrogens with one attached hydrogen (secondary N) is 1. The van der Waals surface area contributed by atoms with E-state index in [4.69, 9.17) is 10.5 Å². The highest BCUT2D eigenvalue weighted by Crippen LogP contribution is 2.24. The van der Waals surface area contributed by atoms with E-state index < -0.39 is 0 Å². The van der Waals surface area contributed by atoms with Crippen LogP contribution >= 0.6 is 12.4 Å². The molecular weight excluding hydrogens is 302 g/mol. The molecule has 22 heavy (non-hydrogen) atoms. The van der Waals surface area contributed by atoms with Crippen molar-refractivity contribution in [3.05, 3.63) is 24.3 Å². The Bertz CT molecular complexity index is 482. The zero-order valence-electron chi connectivity index (χ0n) is 13.2. The Kier molecular flexibility index (Phi) is 7.65. The first-order valence-electron chi connectivity index (χ1n) is 7.59. The van der Waals surface area contributed by atoms with Crippen LogP contribution in [-0.2, 0) is 4.79 Å². The average molecular weight is 328 g/mol. The van der Waals surface area contributed by atoms with Gasteiger partial charge in [0.1, 0.15) is 5.75 Å². The minimum absolute atomic E-state index is 0. The lowest BCUT2D eigenvalue weighted by molar-refractivity contribution is -0.117. The van der Waals surface area contributed by atoms with Crippen molar-refractivity contribution in [2.45, 2.75) is 26.3 Å². The number of halogens is 1. The van der Waals surface area contributed by atoms with Crippen LogP contribution in [-0.4, -0.2) is 43.1 Å². The van der Waals surface area contributed by atoms with Crippen molar-refractivity contribution < 1.29 is 9.53 Å². The lowest BCUT2D eigenvalue weighted by Crippen LogP contribution is -2.34. The predicted molar refractivity (Wildman–Crippen MR) is 91.7 cm³/mol. The molecule has 2 unspecified atom stereocenters. The van der Waals surface area contributed by atoms with Gasteiger partial charge < -0.3 is 15.8 Å². The smallest absolute Gasteiger partial charge is 0.238 e. The Morgan fingerprint density at radius 2 is 2.23 bits per heavy atom. The number of hydrogen-bond donors (Lipinski definition) is 2. The van der Waals surface area contributed by atoms with Crippen molar-refractivity contribution in [1.29, 1.82) is 0 Å². The Labute approximate surface area is 138 Å². The van der Waals surface area contributed by atoms with Crippen LogP contribution in [0.1, 0.15) is 20.3 Å². The van der Waals surface area contributed by atoms with Gasteiger partial charge in [-0.15, -0.1) is 12.4 Å². The van der Waals surface area contributed by atoms with Crippen LogP contribution in [0.15, 0.2) is 24.3 Å². The molecule has 1 saturated heterocycles. The van der Waals surface area contributed by atoms with E-state index in [0.29, 0.717) is 24.8 Å². The minimum atomic E-state index is -0.00697. The summed E-state index contributed by atoms with van der Waals surface area (Å²) in [6.45, 7) is 6.78. The summed E-state index contributed by atoms with van der Waals surface area (Å²) in [5.74, 6) is 1.20. The first kappa shape index (κ1) is 18.7. The van der Waals surface area contributed by atoms with Gasteiger partial charge in [0, 0.05) is 12.6 Å². The van der Waals surface area contributed by atoms with Gasteiger partial charge in [-0.2, -0.15) is 0 Å². The second-order valence-electron chi connectivity index (χ2n) is 5.62. The fraction of sp³-hybridized carbons (Fsp3) is 0.562. The minimum Gasteiger partial charge on any atom is -0.492 e. The van der Waals surface area contributed by atoms with Gasteiger partial charge in [-0.3, -0.25) is 9.69 Å². The number of hydrogen-bond acceptors (Lipinski definition) is 4. The van der Waals surface area contributed by atoms with Gasteiger partial charge in [0.25, 0.3) is 0 Å². The maximum Gasteiger partial charge on any atom is 0.238 e. The van der Waals surface area contributed by atoms with Crippen molar-refractivity contribution in [2.24, 2.45) is 11.7 Å². The van der Waals surface area contributed by atoms with Crippen LogP contribution in [0.4, 0.5) is 5.69 Å². The highest BCUT2D eigenvalue weighted by molar-refractivity contribution is 5.93. The number of nitrogens with two attached hydrogens (primary N) is 1. The standard InChI is InChI=1S/C16H25N3O2.ClH/c1-3-21-15-7-5-4-6-14(15)18-16(20)11-19-9-8-13(10-19)12(2)17;/h4-7,12-13H,3,8-11,17H2,1-2H3,(H,18,20);1H. The zero-order chi connectivity index (χ0) is 15.2. The zero-order valence-corrected chi connectivity index (χ0v) is 14.1. The fourth-order valence-electron chi connectivity index (χ4n) is 2.68. The van der Waals surface area contributed by atoms with Crippen LogP contribution < -0.4 is 15.8 Å². The van der Waals surface area contributed by atoms with E-state index in [2.05, 4.69) is 10.2 Å². The number of nitrogens with zero attached hydrogens (tertiary/aromatic N) is 1. The Balaban J connectivity index is 0.00000242. The Morgan fingerprint density at radius 1 is 1.50 bits per heavy atom. The van der Waals surface area contributed by atoms with Crippen LogP contribution in [0.3, 0.4) is 0 Å². The number of amides is 1.